The molecule has 0 saturated heterocycles. The number of rotatable bonds is 7. The molecular formula is C27H24ClN7O3. The SMILES string of the molecule is Cc1nn(CC(C)O)c(C)c1-c1cc2c(Oc3ccc4oc(Nc5ccc(Cl)cc5)nc4c3)ncnc2[nH]1. The van der Waals surface area contributed by atoms with Gasteiger partial charge in [-0.15, -0.1) is 0 Å². The van der Waals surface area contributed by atoms with Gasteiger partial charge in [0.1, 0.15) is 23.2 Å². The van der Waals surface area contributed by atoms with Gasteiger partial charge in [-0.05, 0) is 63.2 Å². The highest BCUT2D eigenvalue weighted by Crippen LogP contribution is 2.34. The third-order valence-corrected chi connectivity index (χ3v) is 6.40. The van der Waals surface area contributed by atoms with E-state index in [4.69, 9.17) is 20.8 Å². The molecule has 0 aliphatic heterocycles. The van der Waals surface area contributed by atoms with Crippen molar-refractivity contribution in [3.63, 3.8) is 0 Å². The number of benzene rings is 2. The van der Waals surface area contributed by atoms with Crippen molar-refractivity contribution in [3.8, 4) is 22.9 Å². The van der Waals surface area contributed by atoms with E-state index in [2.05, 4.69) is 30.4 Å². The number of aliphatic hydroxyl groups excluding tert-OH is 1. The van der Waals surface area contributed by atoms with Crippen LogP contribution in [0.25, 0.3) is 33.4 Å². The van der Waals surface area contributed by atoms with Crippen LogP contribution in [0, 0.1) is 13.8 Å². The number of halogens is 1. The van der Waals surface area contributed by atoms with Crippen LogP contribution in [0.2, 0.25) is 5.02 Å². The maximum Gasteiger partial charge on any atom is 0.300 e. The molecule has 1 unspecified atom stereocenters. The van der Waals surface area contributed by atoms with Gasteiger partial charge >= 0.3 is 0 Å². The Bertz CT molecular complexity index is 1770. The first-order valence-electron chi connectivity index (χ1n) is 12.0. The lowest BCUT2D eigenvalue weighted by Crippen LogP contribution is -2.14. The number of aryl methyl sites for hydroxylation is 1. The summed E-state index contributed by atoms with van der Waals surface area (Å²) in [7, 11) is 0. The predicted molar refractivity (Wildman–Crippen MR) is 145 cm³/mol. The average Bonchev–Trinajstić information content (AvgIpc) is 3.55. The Balaban J connectivity index is 1.29. The van der Waals surface area contributed by atoms with Crippen LogP contribution in [0.3, 0.4) is 0 Å². The number of nitrogens with zero attached hydrogens (tertiary/aromatic N) is 5. The van der Waals surface area contributed by atoms with Gasteiger partial charge in [0.05, 0.1) is 29.4 Å². The Hall–Kier alpha value is -4.41. The third-order valence-electron chi connectivity index (χ3n) is 6.15. The van der Waals surface area contributed by atoms with Gasteiger partial charge in [-0.25, -0.2) is 9.97 Å². The van der Waals surface area contributed by atoms with Crippen LogP contribution in [0.4, 0.5) is 11.7 Å². The lowest BCUT2D eigenvalue weighted by atomic mass is 10.1. The van der Waals surface area contributed by atoms with E-state index in [0.717, 1.165) is 33.7 Å². The van der Waals surface area contributed by atoms with Crippen molar-refractivity contribution in [1.29, 1.82) is 0 Å². The van der Waals surface area contributed by atoms with Crippen molar-refractivity contribution in [1.82, 2.24) is 29.7 Å². The summed E-state index contributed by atoms with van der Waals surface area (Å²) in [5.41, 5.74) is 6.31. The summed E-state index contributed by atoms with van der Waals surface area (Å²) in [6.07, 6.45) is 0.956. The number of H-pyrrole nitrogens is 1. The summed E-state index contributed by atoms with van der Waals surface area (Å²) in [6, 6.07) is 15.0. The zero-order valence-electron chi connectivity index (χ0n) is 20.9. The van der Waals surface area contributed by atoms with E-state index in [9.17, 15) is 5.11 Å². The van der Waals surface area contributed by atoms with Crippen LogP contribution in [0.5, 0.6) is 11.6 Å². The molecule has 0 fully saturated rings. The van der Waals surface area contributed by atoms with Crippen molar-refractivity contribution in [2.45, 2.75) is 33.4 Å². The summed E-state index contributed by atoms with van der Waals surface area (Å²) >= 11 is 5.96. The zero-order valence-corrected chi connectivity index (χ0v) is 21.6. The standard InChI is InChI=1S/C27H24ClN7O3/c1-14(36)12-35-16(3)24(15(2)34-35)22-11-20-25(32-22)29-13-30-26(20)37-19-8-9-23-21(10-19)33-27(38-23)31-18-6-4-17(28)5-7-18/h4-11,13-14,36H,12H2,1-3H3,(H,31,33)(H,29,30,32). The van der Waals surface area contributed by atoms with Gasteiger partial charge in [-0.2, -0.15) is 10.1 Å². The minimum Gasteiger partial charge on any atom is -0.438 e. The Morgan fingerprint density at radius 2 is 1.95 bits per heavy atom. The fraction of sp³-hybridized carbons (Fsp3) is 0.185. The zero-order chi connectivity index (χ0) is 26.4. The first-order valence-corrected chi connectivity index (χ1v) is 12.4. The molecule has 6 aromatic rings. The second-order valence-corrected chi connectivity index (χ2v) is 9.52. The first kappa shape index (κ1) is 24.0. The van der Waals surface area contributed by atoms with Crippen molar-refractivity contribution in [2.24, 2.45) is 0 Å². The molecule has 0 aliphatic carbocycles. The summed E-state index contributed by atoms with van der Waals surface area (Å²) in [5, 5.41) is 18.9. The second-order valence-electron chi connectivity index (χ2n) is 9.08. The molecule has 4 aromatic heterocycles. The molecule has 3 N–H and O–H groups in total. The van der Waals surface area contributed by atoms with E-state index in [1.807, 2.05) is 36.7 Å². The smallest absolute Gasteiger partial charge is 0.300 e. The molecule has 0 radical (unpaired) electrons. The monoisotopic (exact) mass is 529 g/mol. The van der Waals surface area contributed by atoms with Gasteiger partial charge < -0.3 is 24.6 Å². The number of hydrogen-bond donors (Lipinski definition) is 3. The highest BCUT2D eigenvalue weighted by Gasteiger charge is 2.19. The highest BCUT2D eigenvalue weighted by molar-refractivity contribution is 6.30. The number of fused-ring (bicyclic) bond motifs is 2. The van der Waals surface area contributed by atoms with Gasteiger partial charge in [0.15, 0.2) is 5.58 Å². The van der Waals surface area contributed by atoms with E-state index in [-0.39, 0.29) is 0 Å². The maximum absolute atomic E-state index is 9.81. The van der Waals surface area contributed by atoms with Crippen molar-refractivity contribution >= 4 is 45.4 Å². The van der Waals surface area contributed by atoms with Gasteiger partial charge in [-0.3, -0.25) is 4.68 Å². The highest BCUT2D eigenvalue weighted by atomic mass is 35.5. The lowest BCUT2D eigenvalue weighted by molar-refractivity contribution is 0.167. The van der Waals surface area contributed by atoms with Crippen LogP contribution in [0.1, 0.15) is 18.3 Å². The maximum atomic E-state index is 9.81. The summed E-state index contributed by atoms with van der Waals surface area (Å²) in [5.74, 6) is 0.968. The fourth-order valence-corrected chi connectivity index (χ4v) is 4.57. The first-order chi connectivity index (χ1) is 18.3. The number of aromatic nitrogens is 6. The molecule has 0 aliphatic rings. The molecule has 192 valence electrons. The normalized spacial score (nSPS) is 12.3. The number of anilines is 2. The number of hydrogen-bond acceptors (Lipinski definition) is 8. The number of oxazole rings is 1. The van der Waals surface area contributed by atoms with Crippen LogP contribution >= 0.6 is 11.6 Å². The van der Waals surface area contributed by atoms with Gasteiger partial charge in [-0.1, -0.05) is 11.6 Å². The minimum absolute atomic E-state index is 0.362. The summed E-state index contributed by atoms with van der Waals surface area (Å²) < 4.78 is 13.8. The molecule has 10 nitrogen and oxygen atoms in total. The van der Waals surface area contributed by atoms with Crippen molar-refractivity contribution in [2.75, 3.05) is 5.32 Å². The Morgan fingerprint density at radius 1 is 1.13 bits per heavy atom. The molecule has 0 bridgehead atoms. The van der Waals surface area contributed by atoms with E-state index in [1.165, 1.54) is 6.33 Å². The molecule has 2 aromatic carbocycles. The molecule has 0 amide bonds. The number of aliphatic hydroxyl groups is 1. The molecule has 1 atom stereocenters. The van der Waals surface area contributed by atoms with Crippen LogP contribution in [-0.4, -0.2) is 40.9 Å². The molecule has 0 saturated carbocycles. The Labute approximate surface area is 222 Å². The molecule has 11 heteroatoms. The summed E-state index contributed by atoms with van der Waals surface area (Å²) in [4.78, 5) is 16.6. The van der Waals surface area contributed by atoms with Crippen molar-refractivity contribution < 1.29 is 14.3 Å². The van der Waals surface area contributed by atoms with Crippen molar-refractivity contribution in [3.05, 3.63) is 71.3 Å². The topological polar surface area (TPSA) is 127 Å². The molecule has 38 heavy (non-hydrogen) atoms. The molecule has 0 spiro atoms. The summed E-state index contributed by atoms with van der Waals surface area (Å²) in [6.45, 7) is 6.09. The largest absolute Gasteiger partial charge is 0.438 e. The Kier molecular flexibility index (Phi) is 5.97. The number of nitrogens with one attached hydrogen (secondary N) is 2. The fourth-order valence-electron chi connectivity index (χ4n) is 4.44. The average molecular weight is 530 g/mol. The molecular weight excluding hydrogens is 506 g/mol. The molecule has 4 heterocycles. The second kappa shape index (κ2) is 9.47. The minimum atomic E-state index is -0.499. The Morgan fingerprint density at radius 3 is 2.74 bits per heavy atom. The van der Waals surface area contributed by atoms with E-state index >= 15 is 0 Å². The van der Waals surface area contributed by atoms with E-state index in [1.54, 1.807) is 37.3 Å². The lowest BCUT2D eigenvalue weighted by Gasteiger charge is -2.06. The van der Waals surface area contributed by atoms with E-state index < -0.39 is 6.10 Å². The van der Waals surface area contributed by atoms with E-state index in [0.29, 0.717) is 46.0 Å². The quantitative estimate of drug-likeness (QED) is 0.225. The molecule has 6 rings (SSSR count). The van der Waals surface area contributed by atoms with Crippen LogP contribution in [0.15, 0.2) is 59.3 Å². The van der Waals surface area contributed by atoms with Gasteiger partial charge in [0, 0.05) is 28.0 Å². The third kappa shape index (κ3) is 4.55. The number of ether oxygens (including phenoxy) is 1. The number of aromatic amines is 1. The van der Waals surface area contributed by atoms with Gasteiger partial charge in [0.2, 0.25) is 5.88 Å². The van der Waals surface area contributed by atoms with Gasteiger partial charge in [0.25, 0.3) is 6.01 Å². The van der Waals surface area contributed by atoms with Crippen LogP contribution in [-0.2, 0) is 6.54 Å². The van der Waals surface area contributed by atoms with Crippen LogP contribution < -0.4 is 10.1 Å². The predicted octanol–water partition coefficient (Wildman–Crippen LogP) is 6.15.